The van der Waals surface area contributed by atoms with Gasteiger partial charge in [-0.15, -0.1) is 22.7 Å². The van der Waals surface area contributed by atoms with Gasteiger partial charge in [-0.05, 0) is 23.9 Å². The Morgan fingerprint density at radius 2 is 2.15 bits per heavy atom. The van der Waals surface area contributed by atoms with E-state index >= 15 is 0 Å². The number of hydrogen-bond donors (Lipinski definition) is 1. The summed E-state index contributed by atoms with van der Waals surface area (Å²) < 4.78 is 31.6. The number of rotatable bonds is 7. The molecule has 26 heavy (non-hydrogen) atoms. The SMILES string of the molecule is O=C(CCCc1nc(-c2cccs2)no1)NS(=O)(=O)c1cc(Cl)sc1Cl. The van der Waals surface area contributed by atoms with E-state index in [-0.39, 0.29) is 20.0 Å². The molecular weight excluding hydrogens is 441 g/mol. The van der Waals surface area contributed by atoms with Gasteiger partial charge < -0.3 is 4.52 Å². The van der Waals surface area contributed by atoms with E-state index in [9.17, 15) is 13.2 Å². The first-order valence-corrected chi connectivity index (χ1v) is 11.2. The molecule has 7 nitrogen and oxygen atoms in total. The number of hydrogen-bond acceptors (Lipinski definition) is 8. The number of sulfonamides is 1. The van der Waals surface area contributed by atoms with Gasteiger partial charge in [0.25, 0.3) is 10.0 Å². The van der Waals surface area contributed by atoms with Crippen molar-refractivity contribution in [3.8, 4) is 10.7 Å². The van der Waals surface area contributed by atoms with Crippen molar-refractivity contribution in [3.63, 3.8) is 0 Å². The molecule has 0 saturated carbocycles. The van der Waals surface area contributed by atoms with Crippen LogP contribution in [0.2, 0.25) is 8.67 Å². The Kier molecular flexibility index (Phi) is 5.98. The topological polar surface area (TPSA) is 102 Å². The lowest BCUT2D eigenvalue weighted by atomic mass is 10.2. The van der Waals surface area contributed by atoms with Crippen molar-refractivity contribution < 1.29 is 17.7 Å². The third-order valence-electron chi connectivity index (χ3n) is 3.17. The molecule has 1 amide bonds. The fourth-order valence-electron chi connectivity index (χ4n) is 2.03. The van der Waals surface area contributed by atoms with E-state index in [0.29, 0.717) is 24.6 Å². The second-order valence-electron chi connectivity index (χ2n) is 5.06. The summed E-state index contributed by atoms with van der Waals surface area (Å²) in [5.74, 6) is 0.226. The smallest absolute Gasteiger partial charge is 0.266 e. The number of aryl methyl sites for hydroxylation is 1. The third-order valence-corrected chi connectivity index (χ3v) is 7.16. The molecule has 0 aliphatic heterocycles. The molecule has 0 bridgehead atoms. The zero-order valence-electron chi connectivity index (χ0n) is 12.9. The Labute approximate surface area is 167 Å². The van der Waals surface area contributed by atoms with Crippen LogP contribution in [-0.2, 0) is 21.2 Å². The monoisotopic (exact) mass is 451 g/mol. The molecule has 0 aromatic carbocycles. The summed E-state index contributed by atoms with van der Waals surface area (Å²) in [7, 11) is -4.05. The van der Waals surface area contributed by atoms with Crippen LogP contribution in [0.25, 0.3) is 10.7 Å². The zero-order chi connectivity index (χ0) is 18.7. The molecule has 12 heteroatoms. The number of halogens is 2. The Bertz CT molecular complexity index is 1010. The number of amides is 1. The average Bonchev–Trinajstić information content (AvgIpc) is 3.27. The standard InChI is InChI=1S/C14H11Cl2N3O4S3/c15-10-7-9(13(16)25-10)26(21,22)19-11(20)4-1-5-12-17-14(18-23-12)8-3-2-6-24-8/h2-3,6-7H,1,4-5H2,(H,19,20). The van der Waals surface area contributed by atoms with Crippen LogP contribution in [0, 0.1) is 0 Å². The highest BCUT2D eigenvalue weighted by Crippen LogP contribution is 2.34. The molecule has 1 N–H and O–H groups in total. The number of carbonyl (C=O) groups excluding carboxylic acids is 1. The molecule has 0 radical (unpaired) electrons. The first-order valence-electron chi connectivity index (χ1n) is 7.22. The number of nitrogens with one attached hydrogen (secondary N) is 1. The van der Waals surface area contributed by atoms with Crippen LogP contribution in [0.4, 0.5) is 0 Å². The summed E-state index contributed by atoms with van der Waals surface area (Å²) in [5.41, 5.74) is 0. The second-order valence-corrected chi connectivity index (χ2v) is 9.94. The summed E-state index contributed by atoms with van der Waals surface area (Å²) >= 11 is 14.0. The predicted molar refractivity (Wildman–Crippen MR) is 100 cm³/mol. The lowest BCUT2D eigenvalue weighted by molar-refractivity contribution is -0.119. The highest BCUT2D eigenvalue weighted by molar-refractivity contribution is 7.90. The van der Waals surface area contributed by atoms with Crippen molar-refractivity contribution in [2.75, 3.05) is 0 Å². The molecule has 0 saturated heterocycles. The van der Waals surface area contributed by atoms with Gasteiger partial charge in [-0.3, -0.25) is 4.79 Å². The number of thiophene rings is 2. The minimum Gasteiger partial charge on any atom is -0.339 e. The van der Waals surface area contributed by atoms with Crippen molar-refractivity contribution in [2.24, 2.45) is 0 Å². The molecule has 0 fully saturated rings. The van der Waals surface area contributed by atoms with Gasteiger partial charge in [-0.25, -0.2) is 13.1 Å². The number of carbonyl (C=O) groups is 1. The Morgan fingerprint density at radius 1 is 1.35 bits per heavy atom. The molecule has 0 spiro atoms. The van der Waals surface area contributed by atoms with Gasteiger partial charge in [0.2, 0.25) is 17.6 Å². The van der Waals surface area contributed by atoms with Crippen molar-refractivity contribution in [3.05, 3.63) is 38.1 Å². The Morgan fingerprint density at radius 3 is 2.81 bits per heavy atom. The molecule has 3 rings (SSSR count). The van der Waals surface area contributed by atoms with Crippen molar-refractivity contribution in [1.82, 2.24) is 14.9 Å². The van der Waals surface area contributed by atoms with Gasteiger partial charge in [0.1, 0.15) is 9.23 Å². The summed E-state index contributed by atoms with van der Waals surface area (Å²) in [6.45, 7) is 0. The first kappa shape index (κ1) is 19.3. The van der Waals surface area contributed by atoms with Gasteiger partial charge in [0.05, 0.1) is 9.21 Å². The van der Waals surface area contributed by atoms with Crippen molar-refractivity contribution in [1.29, 1.82) is 0 Å². The molecule has 3 aromatic heterocycles. The molecule has 138 valence electrons. The number of aromatic nitrogens is 2. The maximum Gasteiger partial charge on any atom is 0.266 e. The largest absolute Gasteiger partial charge is 0.339 e. The van der Waals surface area contributed by atoms with Gasteiger partial charge in [0.15, 0.2) is 0 Å². The summed E-state index contributed by atoms with van der Waals surface area (Å²) in [6, 6.07) is 4.96. The van der Waals surface area contributed by atoms with Crippen LogP contribution >= 0.6 is 45.9 Å². The van der Waals surface area contributed by atoms with Crippen molar-refractivity contribution >= 4 is 61.8 Å². The van der Waals surface area contributed by atoms with Crippen LogP contribution < -0.4 is 4.72 Å². The molecular formula is C14H11Cl2N3O4S3. The highest BCUT2D eigenvalue weighted by atomic mass is 35.5. The summed E-state index contributed by atoms with van der Waals surface area (Å²) in [5, 5.41) is 5.78. The Hall–Kier alpha value is -1.46. The van der Waals surface area contributed by atoms with Crippen LogP contribution in [-0.4, -0.2) is 24.5 Å². The van der Waals surface area contributed by atoms with E-state index in [1.807, 2.05) is 22.2 Å². The maximum absolute atomic E-state index is 12.1. The van der Waals surface area contributed by atoms with Gasteiger partial charge in [-0.2, -0.15) is 4.98 Å². The van der Waals surface area contributed by atoms with Crippen molar-refractivity contribution in [2.45, 2.75) is 24.2 Å². The first-order chi connectivity index (χ1) is 12.3. The van der Waals surface area contributed by atoms with E-state index in [0.717, 1.165) is 16.2 Å². The quantitative estimate of drug-likeness (QED) is 0.582. The molecule has 3 heterocycles. The summed E-state index contributed by atoms with van der Waals surface area (Å²) in [4.78, 5) is 16.8. The zero-order valence-corrected chi connectivity index (χ0v) is 16.9. The number of nitrogens with zero attached hydrogens (tertiary/aromatic N) is 2. The fraction of sp³-hybridized carbons (Fsp3) is 0.214. The molecule has 0 atom stereocenters. The van der Waals surface area contributed by atoms with Crippen LogP contribution in [0.3, 0.4) is 0 Å². The van der Waals surface area contributed by atoms with E-state index in [1.165, 1.54) is 17.4 Å². The minimum absolute atomic E-state index is 0.00210. The fourth-order valence-corrected chi connectivity index (χ4v) is 5.84. The predicted octanol–water partition coefficient (Wildman–Crippen LogP) is 3.99. The lowest BCUT2D eigenvalue weighted by Gasteiger charge is -2.05. The third kappa shape index (κ3) is 4.63. The second kappa shape index (κ2) is 8.05. The van der Waals surface area contributed by atoms with E-state index < -0.39 is 15.9 Å². The summed E-state index contributed by atoms with van der Waals surface area (Å²) in [6.07, 6.45) is 0.688. The van der Waals surface area contributed by atoms with Gasteiger partial charge >= 0.3 is 0 Å². The lowest BCUT2D eigenvalue weighted by Crippen LogP contribution is -2.30. The molecule has 0 unspecified atom stereocenters. The molecule has 0 aliphatic carbocycles. The highest BCUT2D eigenvalue weighted by Gasteiger charge is 2.23. The van der Waals surface area contributed by atoms with Gasteiger partial charge in [0, 0.05) is 12.8 Å². The maximum atomic E-state index is 12.1. The van der Waals surface area contributed by atoms with E-state index in [1.54, 1.807) is 0 Å². The Balaban J connectivity index is 1.52. The normalized spacial score (nSPS) is 11.6. The molecule has 0 aliphatic rings. The van der Waals surface area contributed by atoms with Crippen LogP contribution in [0.5, 0.6) is 0 Å². The molecule has 3 aromatic rings. The van der Waals surface area contributed by atoms with Crippen LogP contribution in [0.1, 0.15) is 18.7 Å². The van der Waals surface area contributed by atoms with Gasteiger partial charge in [-0.1, -0.05) is 34.4 Å². The van der Waals surface area contributed by atoms with E-state index in [4.69, 9.17) is 27.7 Å². The van der Waals surface area contributed by atoms with E-state index in [2.05, 4.69) is 10.1 Å². The minimum atomic E-state index is -4.05. The van der Waals surface area contributed by atoms with Crippen LogP contribution in [0.15, 0.2) is 33.0 Å². The average molecular weight is 452 g/mol.